The molecule has 220 valence electrons. The summed E-state index contributed by atoms with van der Waals surface area (Å²) in [6, 6.07) is 56.3. The Bertz CT molecular complexity index is 2500. The van der Waals surface area contributed by atoms with Gasteiger partial charge in [-0.3, -0.25) is 0 Å². The molecule has 0 spiro atoms. The molecule has 0 N–H and O–H groups in total. The monoisotopic (exact) mass is 601 g/mol. The van der Waals surface area contributed by atoms with Crippen LogP contribution in [0.4, 0.5) is 0 Å². The lowest BCUT2D eigenvalue weighted by Crippen LogP contribution is -2.00. The third-order valence-corrected chi connectivity index (χ3v) is 8.72. The van der Waals surface area contributed by atoms with E-state index in [-0.39, 0.29) is 0 Å². The number of fused-ring (bicyclic) bond motifs is 4. The van der Waals surface area contributed by atoms with Crippen molar-refractivity contribution < 1.29 is 4.42 Å². The fourth-order valence-corrected chi connectivity index (χ4v) is 6.40. The molecule has 4 heteroatoms. The van der Waals surface area contributed by atoms with Crippen LogP contribution in [0.5, 0.6) is 0 Å². The molecule has 0 saturated carbocycles. The van der Waals surface area contributed by atoms with E-state index in [9.17, 15) is 0 Å². The highest BCUT2D eigenvalue weighted by atomic mass is 16.3. The van der Waals surface area contributed by atoms with Crippen LogP contribution in [0, 0.1) is 0 Å². The zero-order valence-corrected chi connectivity index (χ0v) is 25.3. The summed E-state index contributed by atoms with van der Waals surface area (Å²) in [5, 5.41) is 4.38. The van der Waals surface area contributed by atoms with Gasteiger partial charge in [0.2, 0.25) is 0 Å². The Labute approximate surface area is 271 Å². The highest BCUT2D eigenvalue weighted by Gasteiger charge is 2.20. The zero-order chi connectivity index (χ0) is 31.2. The summed E-state index contributed by atoms with van der Waals surface area (Å²) in [5.74, 6) is 1.86. The van der Waals surface area contributed by atoms with Crippen molar-refractivity contribution in [2.75, 3.05) is 0 Å². The minimum absolute atomic E-state index is 0.604. The molecular weight excluding hydrogens is 574 g/mol. The maximum absolute atomic E-state index is 6.66. The highest BCUT2D eigenvalue weighted by molar-refractivity contribution is 6.16. The third kappa shape index (κ3) is 4.84. The Balaban J connectivity index is 1.26. The molecule has 0 unspecified atom stereocenters. The molecule has 2 aromatic heterocycles. The van der Waals surface area contributed by atoms with E-state index in [4.69, 9.17) is 19.4 Å². The first-order valence-electron chi connectivity index (χ1n) is 15.7. The Morgan fingerprint density at radius 2 is 0.894 bits per heavy atom. The molecule has 7 aromatic carbocycles. The van der Waals surface area contributed by atoms with Crippen molar-refractivity contribution in [3.05, 3.63) is 164 Å². The van der Waals surface area contributed by atoms with Gasteiger partial charge in [0.25, 0.3) is 0 Å². The Morgan fingerprint density at radius 1 is 0.362 bits per heavy atom. The lowest BCUT2D eigenvalue weighted by Gasteiger charge is -2.11. The topological polar surface area (TPSA) is 51.8 Å². The molecule has 0 amide bonds. The second-order valence-electron chi connectivity index (χ2n) is 11.6. The summed E-state index contributed by atoms with van der Waals surface area (Å²) < 4.78 is 6.66. The van der Waals surface area contributed by atoms with Crippen molar-refractivity contribution in [3.63, 3.8) is 0 Å². The molecule has 9 rings (SSSR count). The maximum atomic E-state index is 6.66. The lowest BCUT2D eigenvalue weighted by atomic mass is 9.95. The molecule has 47 heavy (non-hydrogen) atoms. The average Bonchev–Trinajstić information content (AvgIpc) is 3.55. The van der Waals surface area contributed by atoms with E-state index in [2.05, 4.69) is 78.9 Å². The van der Waals surface area contributed by atoms with Crippen molar-refractivity contribution in [2.24, 2.45) is 0 Å². The van der Waals surface area contributed by atoms with Crippen LogP contribution >= 0.6 is 0 Å². The predicted molar refractivity (Wildman–Crippen MR) is 192 cm³/mol. The fraction of sp³-hybridized carbons (Fsp3) is 0. The molecule has 9 aromatic rings. The quantitative estimate of drug-likeness (QED) is 0.197. The van der Waals surface area contributed by atoms with Gasteiger partial charge in [0, 0.05) is 33.0 Å². The first-order chi connectivity index (χ1) is 23.3. The van der Waals surface area contributed by atoms with Crippen LogP contribution in [-0.2, 0) is 0 Å². The van der Waals surface area contributed by atoms with E-state index in [1.165, 1.54) is 21.9 Å². The highest BCUT2D eigenvalue weighted by Crippen LogP contribution is 2.42. The molecule has 0 aliphatic rings. The average molecular weight is 602 g/mol. The van der Waals surface area contributed by atoms with Crippen LogP contribution in [0.25, 0.3) is 89.1 Å². The second kappa shape index (κ2) is 11.2. The Hall–Kier alpha value is -6.39. The van der Waals surface area contributed by atoms with Gasteiger partial charge in [-0.15, -0.1) is 0 Å². The van der Waals surface area contributed by atoms with Gasteiger partial charge in [-0.2, -0.15) is 0 Å². The minimum Gasteiger partial charge on any atom is -0.455 e. The SMILES string of the molecule is c1ccc(-c2ccc3ccc(-c4ccc(-c5nc(-c6ccccc6)nc(-c6ccccc6)n5)c5c4oc4ccccc45)cc3c2)cc1. The molecule has 0 atom stereocenters. The van der Waals surface area contributed by atoms with Gasteiger partial charge >= 0.3 is 0 Å². The lowest BCUT2D eigenvalue weighted by molar-refractivity contribution is 0.670. The van der Waals surface area contributed by atoms with Gasteiger partial charge in [-0.05, 0) is 57.8 Å². The minimum atomic E-state index is 0.604. The van der Waals surface area contributed by atoms with Gasteiger partial charge in [-0.25, -0.2) is 15.0 Å². The van der Waals surface area contributed by atoms with Crippen molar-refractivity contribution in [2.45, 2.75) is 0 Å². The van der Waals surface area contributed by atoms with Crippen molar-refractivity contribution in [1.82, 2.24) is 15.0 Å². The molecular formula is C43H27N3O. The molecule has 0 saturated heterocycles. The van der Waals surface area contributed by atoms with Gasteiger partial charge in [0.1, 0.15) is 11.2 Å². The van der Waals surface area contributed by atoms with E-state index in [0.29, 0.717) is 17.5 Å². The summed E-state index contributed by atoms with van der Waals surface area (Å²) in [7, 11) is 0. The van der Waals surface area contributed by atoms with Gasteiger partial charge in [0.05, 0.1) is 0 Å². The van der Waals surface area contributed by atoms with Crippen LogP contribution in [0.3, 0.4) is 0 Å². The molecule has 0 fully saturated rings. The fourth-order valence-electron chi connectivity index (χ4n) is 6.40. The summed E-state index contributed by atoms with van der Waals surface area (Å²) in [4.78, 5) is 15.0. The van der Waals surface area contributed by atoms with E-state index in [0.717, 1.165) is 49.8 Å². The van der Waals surface area contributed by atoms with E-state index in [1.54, 1.807) is 0 Å². The standard InChI is InChI=1S/C43H27N3O/c1-4-12-28(13-5-1)32-22-20-29-21-23-33(27-34(29)26-32)35-24-25-37(39-36-18-10-11-19-38(36)47-40(35)39)43-45-41(30-14-6-2-7-15-30)44-42(46-43)31-16-8-3-9-17-31/h1-27H. The zero-order valence-electron chi connectivity index (χ0n) is 25.3. The van der Waals surface area contributed by atoms with Crippen LogP contribution in [0.1, 0.15) is 0 Å². The third-order valence-electron chi connectivity index (χ3n) is 8.72. The molecule has 0 bridgehead atoms. The van der Waals surface area contributed by atoms with Crippen LogP contribution in [-0.4, -0.2) is 15.0 Å². The van der Waals surface area contributed by atoms with Crippen LogP contribution in [0.15, 0.2) is 168 Å². The van der Waals surface area contributed by atoms with E-state index >= 15 is 0 Å². The van der Waals surface area contributed by atoms with Crippen molar-refractivity contribution in [3.8, 4) is 56.4 Å². The number of hydrogen-bond donors (Lipinski definition) is 0. The van der Waals surface area contributed by atoms with E-state index in [1.807, 2.05) is 84.9 Å². The smallest absolute Gasteiger partial charge is 0.164 e. The summed E-state index contributed by atoms with van der Waals surface area (Å²) >= 11 is 0. The van der Waals surface area contributed by atoms with Gasteiger partial charge in [-0.1, -0.05) is 133 Å². The first kappa shape index (κ1) is 27.0. The maximum Gasteiger partial charge on any atom is 0.164 e. The molecule has 4 nitrogen and oxygen atoms in total. The van der Waals surface area contributed by atoms with Crippen molar-refractivity contribution in [1.29, 1.82) is 0 Å². The second-order valence-corrected chi connectivity index (χ2v) is 11.6. The summed E-state index contributed by atoms with van der Waals surface area (Å²) in [5.41, 5.74) is 8.90. The van der Waals surface area contributed by atoms with Gasteiger partial charge in [0.15, 0.2) is 17.5 Å². The Morgan fingerprint density at radius 3 is 1.57 bits per heavy atom. The summed E-state index contributed by atoms with van der Waals surface area (Å²) in [6.07, 6.45) is 0. The number of para-hydroxylation sites is 1. The first-order valence-corrected chi connectivity index (χ1v) is 15.7. The van der Waals surface area contributed by atoms with Crippen LogP contribution < -0.4 is 0 Å². The predicted octanol–water partition coefficient (Wildman–Crippen LogP) is 11.3. The molecule has 2 heterocycles. The number of nitrogens with zero attached hydrogens (tertiary/aromatic N) is 3. The Kier molecular flexibility index (Phi) is 6.43. The number of aromatic nitrogens is 3. The normalized spacial score (nSPS) is 11.4. The van der Waals surface area contributed by atoms with Crippen molar-refractivity contribution >= 4 is 32.7 Å². The largest absolute Gasteiger partial charge is 0.455 e. The molecule has 0 radical (unpaired) electrons. The summed E-state index contributed by atoms with van der Waals surface area (Å²) in [6.45, 7) is 0. The number of benzene rings is 7. The number of furan rings is 1. The molecule has 0 aliphatic heterocycles. The van der Waals surface area contributed by atoms with Crippen LogP contribution in [0.2, 0.25) is 0 Å². The molecule has 0 aliphatic carbocycles. The number of rotatable bonds is 5. The number of hydrogen-bond acceptors (Lipinski definition) is 4. The van der Waals surface area contributed by atoms with E-state index < -0.39 is 0 Å². The van der Waals surface area contributed by atoms with Gasteiger partial charge < -0.3 is 4.42 Å².